The lowest BCUT2D eigenvalue weighted by Gasteiger charge is -2.29. The standard InChI is InChI=1S/C21H21ClN2O2/c1-3-15-6-9-19(12-20(15)22)26-18-10-7-17(8-11-18)24-21(25)16-5-4-14(2)23-13-16/h1,4-6,9,12-13,17-18H,7-8,10-11H2,2H3,(H,24,25)/t17-,18-. The van der Waals surface area contributed by atoms with Gasteiger partial charge >= 0.3 is 0 Å². The lowest BCUT2D eigenvalue weighted by atomic mass is 9.92. The number of hydrogen-bond donors (Lipinski definition) is 1. The molecule has 1 aliphatic rings. The lowest BCUT2D eigenvalue weighted by Crippen LogP contribution is -2.39. The van der Waals surface area contributed by atoms with Crippen molar-refractivity contribution >= 4 is 17.5 Å². The van der Waals surface area contributed by atoms with Gasteiger partial charge in [0.25, 0.3) is 5.91 Å². The van der Waals surface area contributed by atoms with Gasteiger partial charge in [-0.1, -0.05) is 17.5 Å². The van der Waals surface area contributed by atoms with E-state index in [1.165, 1.54) is 0 Å². The molecule has 0 spiro atoms. The fourth-order valence-electron chi connectivity index (χ4n) is 3.07. The first-order valence-electron chi connectivity index (χ1n) is 8.71. The summed E-state index contributed by atoms with van der Waals surface area (Å²) in [6.07, 6.45) is 10.6. The Kier molecular flexibility index (Phi) is 5.80. The fourth-order valence-corrected chi connectivity index (χ4v) is 3.30. The van der Waals surface area contributed by atoms with E-state index in [0.29, 0.717) is 16.1 Å². The number of carbonyl (C=O) groups excluding carboxylic acids is 1. The van der Waals surface area contributed by atoms with Crippen molar-refractivity contribution in [3.8, 4) is 18.1 Å². The van der Waals surface area contributed by atoms with Gasteiger partial charge in [-0.15, -0.1) is 6.42 Å². The third-order valence-corrected chi connectivity index (χ3v) is 4.89. The van der Waals surface area contributed by atoms with Gasteiger partial charge in [0.15, 0.2) is 0 Å². The number of benzene rings is 1. The van der Waals surface area contributed by atoms with Crippen molar-refractivity contribution in [2.75, 3.05) is 0 Å². The Morgan fingerprint density at radius 1 is 1.27 bits per heavy atom. The number of aryl methyl sites for hydroxylation is 1. The van der Waals surface area contributed by atoms with E-state index in [-0.39, 0.29) is 18.1 Å². The Hall–Kier alpha value is -2.51. The van der Waals surface area contributed by atoms with Gasteiger partial charge in [-0.05, 0) is 56.9 Å². The zero-order valence-corrected chi connectivity index (χ0v) is 15.4. The van der Waals surface area contributed by atoms with Crippen molar-refractivity contribution in [3.63, 3.8) is 0 Å². The smallest absolute Gasteiger partial charge is 0.253 e. The number of rotatable bonds is 4. The molecule has 0 unspecified atom stereocenters. The van der Waals surface area contributed by atoms with Gasteiger partial charge in [0.2, 0.25) is 0 Å². The highest BCUT2D eigenvalue weighted by Gasteiger charge is 2.24. The molecule has 1 aliphatic carbocycles. The number of aromatic nitrogens is 1. The number of amides is 1. The van der Waals surface area contributed by atoms with Crippen molar-refractivity contribution < 1.29 is 9.53 Å². The summed E-state index contributed by atoms with van der Waals surface area (Å²) in [6.45, 7) is 1.90. The summed E-state index contributed by atoms with van der Waals surface area (Å²) < 4.78 is 6.01. The van der Waals surface area contributed by atoms with Crippen LogP contribution in [0.4, 0.5) is 0 Å². The van der Waals surface area contributed by atoms with E-state index in [9.17, 15) is 4.79 Å². The summed E-state index contributed by atoms with van der Waals surface area (Å²) in [4.78, 5) is 16.4. The molecule has 1 fully saturated rings. The molecule has 0 radical (unpaired) electrons. The van der Waals surface area contributed by atoms with Crippen molar-refractivity contribution in [1.29, 1.82) is 0 Å². The number of nitrogens with zero attached hydrogens (tertiary/aromatic N) is 1. The molecule has 0 atom stereocenters. The van der Waals surface area contributed by atoms with Gasteiger partial charge < -0.3 is 10.1 Å². The van der Waals surface area contributed by atoms with Crippen LogP contribution in [-0.2, 0) is 0 Å². The Morgan fingerprint density at radius 2 is 2.04 bits per heavy atom. The number of halogens is 1. The normalized spacial score (nSPS) is 19.4. The first-order valence-corrected chi connectivity index (χ1v) is 9.09. The van der Waals surface area contributed by atoms with Crippen molar-refractivity contribution in [2.24, 2.45) is 0 Å². The van der Waals surface area contributed by atoms with Gasteiger partial charge in [-0.3, -0.25) is 9.78 Å². The molecule has 0 bridgehead atoms. The van der Waals surface area contributed by atoms with E-state index in [1.54, 1.807) is 24.4 Å². The van der Waals surface area contributed by atoms with Crippen LogP contribution in [0.15, 0.2) is 36.5 Å². The van der Waals surface area contributed by atoms with Crippen molar-refractivity contribution in [3.05, 3.63) is 58.4 Å². The molecule has 1 amide bonds. The quantitative estimate of drug-likeness (QED) is 0.825. The molecular formula is C21H21ClN2O2. The molecule has 1 saturated carbocycles. The maximum atomic E-state index is 12.3. The summed E-state index contributed by atoms with van der Waals surface area (Å²) in [7, 11) is 0. The number of hydrogen-bond acceptors (Lipinski definition) is 3. The van der Waals surface area contributed by atoms with Crippen LogP contribution in [0.1, 0.15) is 47.3 Å². The summed E-state index contributed by atoms with van der Waals surface area (Å²) in [5.41, 5.74) is 2.16. The third-order valence-electron chi connectivity index (χ3n) is 4.58. The van der Waals surface area contributed by atoms with E-state index in [4.69, 9.17) is 22.8 Å². The topological polar surface area (TPSA) is 51.2 Å². The maximum Gasteiger partial charge on any atom is 0.253 e. The fraction of sp³-hybridized carbons (Fsp3) is 0.333. The Balaban J connectivity index is 1.49. The van der Waals surface area contributed by atoms with Gasteiger partial charge in [0, 0.05) is 29.6 Å². The third kappa shape index (κ3) is 4.56. The molecular weight excluding hydrogens is 348 g/mol. The number of carbonyl (C=O) groups is 1. The maximum absolute atomic E-state index is 12.3. The molecule has 0 saturated heterocycles. The van der Waals surface area contributed by atoms with Gasteiger partial charge in [-0.25, -0.2) is 0 Å². The monoisotopic (exact) mass is 368 g/mol. The predicted octanol–water partition coefficient (Wildman–Crippen LogP) is 4.14. The van der Waals surface area contributed by atoms with E-state index in [0.717, 1.165) is 37.1 Å². The first kappa shape index (κ1) is 18.3. The highest BCUT2D eigenvalue weighted by atomic mass is 35.5. The minimum Gasteiger partial charge on any atom is -0.490 e. The van der Waals surface area contributed by atoms with Crippen LogP contribution >= 0.6 is 11.6 Å². The highest BCUT2D eigenvalue weighted by Crippen LogP contribution is 2.27. The van der Waals surface area contributed by atoms with Gasteiger partial charge in [0.05, 0.1) is 16.7 Å². The van der Waals surface area contributed by atoms with Crippen LogP contribution in [0.3, 0.4) is 0 Å². The summed E-state index contributed by atoms with van der Waals surface area (Å²) in [5, 5.41) is 3.61. The van der Waals surface area contributed by atoms with Crippen LogP contribution in [-0.4, -0.2) is 23.0 Å². The van der Waals surface area contributed by atoms with Crippen molar-refractivity contribution in [1.82, 2.24) is 10.3 Å². The van der Waals surface area contributed by atoms with Crippen LogP contribution in [0.25, 0.3) is 0 Å². The van der Waals surface area contributed by atoms with E-state index in [1.807, 2.05) is 19.1 Å². The average molecular weight is 369 g/mol. The van der Waals surface area contributed by atoms with Crippen LogP contribution in [0, 0.1) is 19.3 Å². The zero-order chi connectivity index (χ0) is 18.5. The summed E-state index contributed by atoms with van der Waals surface area (Å²) >= 11 is 6.12. The van der Waals surface area contributed by atoms with E-state index >= 15 is 0 Å². The summed E-state index contributed by atoms with van der Waals surface area (Å²) in [5.74, 6) is 3.19. The molecule has 1 aromatic carbocycles. The molecule has 4 nitrogen and oxygen atoms in total. The molecule has 3 rings (SSSR count). The molecule has 134 valence electrons. The number of ether oxygens (including phenoxy) is 1. The molecule has 0 aliphatic heterocycles. The van der Waals surface area contributed by atoms with Crippen molar-refractivity contribution in [2.45, 2.75) is 44.8 Å². The minimum absolute atomic E-state index is 0.0708. The van der Waals surface area contributed by atoms with Crippen LogP contribution < -0.4 is 10.1 Å². The van der Waals surface area contributed by atoms with Crippen LogP contribution in [0.5, 0.6) is 5.75 Å². The summed E-state index contributed by atoms with van der Waals surface area (Å²) in [6, 6.07) is 9.20. The number of terminal acetylenes is 1. The van der Waals surface area contributed by atoms with E-state index in [2.05, 4.69) is 16.2 Å². The molecule has 1 aromatic heterocycles. The molecule has 1 heterocycles. The molecule has 1 N–H and O–H groups in total. The minimum atomic E-state index is -0.0708. The number of pyridine rings is 1. The second-order valence-electron chi connectivity index (χ2n) is 6.54. The Morgan fingerprint density at radius 3 is 2.65 bits per heavy atom. The second-order valence-corrected chi connectivity index (χ2v) is 6.95. The molecule has 2 aromatic rings. The zero-order valence-electron chi connectivity index (χ0n) is 14.7. The predicted molar refractivity (Wildman–Crippen MR) is 102 cm³/mol. The Bertz CT molecular complexity index is 819. The molecule has 5 heteroatoms. The Labute approximate surface area is 158 Å². The lowest BCUT2D eigenvalue weighted by molar-refractivity contribution is 0.0893. The van der Waals surface area contributed by atoms with E-state index < -0.39 is 0 Å². The average Bonchev–Trinajstić information content (AvgIpc) is 2.64. The highest BCUT2D eigenvalue weighted by molar-refractivity contribution is 6.31. The van der Waals surface area contributed by atoms with Crippen LogP contribution in [0.2, 0.25) is 5.02 Å². The van der Waals surface area contributed by atoms with Gasteiger partial charge in [-0.2, -0.15) is 0 Å². The SMILES string of the molecule is C#Cc1ccc(O[C@H]2CC[C@H](NC(=O)c3ccc(C)nc3)CC2)cc1Cl. The molecule has 26 heavy (non-hydrogen) atoms. The largest absolute Gasteiger partial charge is 0.490 e. The second kappa shape index (κ2) is 8.25. The first-order chi connectivity index (χ1) is 12.5. The number of nitrogens with one attached hydrogen (secondary N) is 1. The van der Waals surface area contributed by atoms with Gasteiger partial charge in [0.1, 0.15) is 5.75 Å².